The van der Waals surface area contributed by atoms with Crippen molar-refractivity contribution in [2.45, 2.75) is 30.0 Å². The van der Waals surface area contributed by atoms with E-state index in [1.807, 2.05) is 43.5 Å². The van der Waals surface area contributed by atoms with E-state index in [4.69, 9.17) is 0 Å². The lowest BCUT2D eigenvalue weighted by molar-refractivity contribution is 0.0742. The van der Waals surface area contributed by atoms with Gasteiger partial charge in [0.2, 0.25) is 0 Å². The Morgan fingerprint density at radius 3 is 2.44 bits per heavy atom. The Labute approximate surface area is 167 Å². The number of carbonyl (C=O) groups is 1. The highest BCUT2D eigenvalue weighted by atomic mass is 32.2. The topological polar surface area (TPSA) is 33.2 Å². The van der Waals surface area contributed by atoms with Gasteiger partial charge in [0.25, 0.3) is 5.91 Å². The molecule has 2 aromatic carbocycles. The number of rotatable bonds is 6. The molecular weight excluding hydrogens is 379 g/mol. The third-order valence-corrected chi connectivity index (χ3v) is 6.62. The third kappa shape index (κ3) is 4.96. The minimum absolute atomic E-state index is 0.0541. The normalized spacial score (nSPS) is 12.0. The summed E-state index contributed by atoms with van der Waals surface area (Å²) >= 11 is 3.35. The van der Waals surface area contributed by atoms with Crippen LogP contribution in [0.4, 0.5) is 4.39 Å². The Morgan fingerprint density at radius 2 is 1.85 bits per heavy atom. The standard InChI is InChI=1S/C21H21FN2OS2/c1-14-12-26-21(23-14)27-13-16-4-6-18(7-5-16)20(25)24(3)15(2)17-8-10-19(22)11-9-17/h4-12,15H,13H2,1-3H3. The van der Waals surface area contributed by atoms with Crippen LogP contribution >= 0.6 is 23.1 Å². The second kappa shape index (κ2) is 8.67. The van der Waals surface area contributed by atoms with E-state index >= 15 is 0 Å². The van der Waals surface area contributed by atoms with E-state index < -0.39 is 0 Å². The molecule has 6 heteroatoms. The maximum atomic E-state index is 13.1. The summed E-state index contributed by atoms with van der Waals surface area (Å²) in [5, 5.41) is 2.04. The number of benzene rings is 2. The first-order valence-corrected chi connectivity index (χ1v) is 10.5. The number of thiazole rings is 1. The van der Waals surface area contributed by atoms with E-state index in [0.29, 0.717) is 5.56 Å². The van der Waals surface area contributed by atoms with Crippen LogP contribution in [0.1, 0.15) is 40.1 Å². The predicted octanol–water partition coefficient (Wildman–Crippen LogP) is 5.72. The van der Waals surface area contributed by atoms with Crippen molar-refractivity contribution in [3.05, 3.63) is 82.1 Å². The van der Waals surface area contributed by atoms with Gasteiger partial charge in [-0.05, 0) is 49.2 Å². The van der Waals surface area contributed by atoms with Crippen molar-refractivity contribution in [1.29, 1.82) is 0 Å². The summed E-state index contributed by atoms with van der Waals surface area (Å²) in [7, 11) is 1.77. The molecule has 0 saturated carbocycles. The van der Waals surface area contributed by atoms with E-state index in [1.54, 1.807) is 47.2 Å². The lowest BCUT2D eigenvalue weighted by Gasteiger charge is -2.25. The molecule has 0 bridgehead atoms. The number of aryl methyl sites for hydroxylation is 1. The SMILES string of the molecule is Cc1csc(SCc2ccc(C(=O)N(C)C(C)c3ccc(F)cc3)cc2)n1. The minimum Gasteiger partial charge on any atom is -0.335 e. The first-order chi connectivity index (χ1) is 12.9. The van der Waals surface area contributed by atoms with Crippen LogP contribution < -0.4 is 0 Å². The smallest absolute Gasteiger partial charge is 0.254 e. The lowest BCUT2D eigenvalue weighted by atomic mass is 10.1. The fourth-order valence-electron chi connectivity index (χ4n) is 2.63. The number of halogens is 1. The first-order valence-electron chi connectivity index (χ1n) is 8.60. The molecule has 1 amide bonds. The highest BCUT2D eigenvalue weighted by Gasteiger charge is 2.19. The largest absolute Gasteiger partial charge is 0.335 e. The number of amides is 1. The summed E-state index contributed by atoms with van der Waals surface area (Å²) in [5.41, 5.74) is 3.74. The molecule has 1 aromatic heterocycles. The third-order valence-electron chi connectivity index (χ3n) is 4.41. The summed E-state index contributed by atoms with van der Waals surface area (Å²) < 4.78 is 14.2. The number of aromatic nitrogens is 1. The lowest BCUT2D eigenvalue weighted by Crippen LogP contribution is -2.29. The molecule has 0 spiro atoms. The van der Waals surface area contributed by atoms with Crippen molar-refractivity contribution < 1.29 is 9.18 Å². The molecule has 0 aliphatic rings. The summed E-state index contributed by atoms with van der Waals surface area (Å²) in [6.07, 6.45) is 0. The molecule has 3 nitrogen and oxygen atoms in total. The van der Waals surface area contributed by atoms with Gasteiger partial charge in [0.15, 0.2) is 0 Å². The number of hydrogen-bond donors (Lipinski definition) is 0. The van der Waals surface area contributed by atoms with E-state index in [2.05, 4.69) is 4.98 Å². The summed E-state index contributed by atoms with van der Waals surface area (Å²) in [5.74, 6) is 0.492. The van der Waals surface area contributed by atoms with Crippen molar-refractivity contribution in [1.82, 2.24) is 9.88 Å². The van der Waals surface area contributed by atoms with Crippen molar-refractivity contribution in [2.24, 2.45) is 0 Å². The van der Waals surface area contributed by atoms with Crippen molar-refractivity contribution in [2.75, 3.05) is 7.05 Å². The zero-order valence-electron chi connectivity index (χ0n) is 15.5. The maximum Gasteiger partial charge on any atom is 0.254 e. The summed E-state index contributed by atoms with van der Waals surface area (Å²) in [6.45, 7) is 3.93. The monoisotopic (exact) mass is 400 g/mol. The molecule has 3 rings (SSSR count). The molecule has 3 aromatic rings. The molecule has 0 radical (unpaired) electrons. The Kier molecular flexibility index (Phi) is 6.29. The molecule has 0 aliphatic heterocycles. The molecule has 27 heavy (non-hydrogen) atoms. The highest BCUT2D eigenvalue weighted by molar-refractivity contribution is 8.00. The Morgan fingerprint density at radius 1 is 1.19 bits per heavy atom. The van der Waals surface area contributed by atoms with Crippen molar-refractivity contribution in [3.8, 4) is 0 Å². The van der Waals surface area contributed by atoms with Gasteiger partial charge in [-0.25, -0.2) is 9.37 Å². The van der Waals surface area contributed by atoms with Crippen LogP contribution in [0.2, 0.25) is 0 Å². The number of carbonyl (C=O) groups excluding carboxylic acids is 1. The molecule has 0 fully saturated rings. The van der Waals surface area contributed by atoms with E-state index in [0.717, 1.165) is 26.9 Å². The fourth-order valence-corrected chi connectivity index (χ4v) is 4.44. The van der Waals surface area contributed by atoms with Gasteiger partial charge in [-0.1, -0.05) is 36.0 Å². The van der Waals surface area contributed by atoms with Gasteiger partial charge in [-0.15, -0.1) is 11.3 Å². The highest BCUT2D eigenvalue weighted by Crippen LogP contribution is 2.26. The summed E-state index contributed by atoms with van der Waals surface area (Å²) in [6, 6.07) is 13.8. The minimum atomic E-state index is -0.277. The van der Waals surface area contributed by atoms with Gasteiger partial charge in [0.05, 0.1) is 6.04 Å². The van der Waals surface area contributed by atoms with E-state index in [-0.39, 0.29) is 17.8 Å². The maximum absolute atomic E-state index is 13.1. The van der Waals surface area contributed by atoms with Gasteiger partial charge in [0.1, 0.15) is 10.2 Å². The molecule has 1 unspecified atom stereocenters. The molecule has 140 valence electrons. The second-order valence-corrected chi connectivity index (χ2v) is 8.46. The summed E-state index contributed by atoms with van der Waals surface area (Å²) in [4.78, 5) is 18.9. The zero-order valence-corrected chi connectivity index (χ0v) is 17.1. The van der Waals surface area contributed by atoms with Crippen LogP contribution in [0.5, 0.6) is 0 Å². The van der Waals surface area contributed by atoms with Gasteiger partial charge in [-0.3, -0.25) is 4.79 Å². The van der Waals surface area contributed by atoms with Gasteiger partial charge in [0, 0.05) is 29.4 Å². The Balaban J connectivity index is 1.63. The van der Waals surface area contributed by atoms with Crippen LogP contribution in [0.3, 0.4) is 0 Å². The Bertz CT molecular complexity index is 907. The van der Waals surface area contributed by atoms with Crippen molar-refractivity contribution >= 4 is 29.0 Å². The first kappa shape index (κ1) is 19.6. The van der Waals surface area contributed by atoms with Crippen LogP contribution in [0, 0.1) is 12.7 Å². The molecule has 0 saturated heterocycles. The predicted molar refractivity (Wildman–Crippen MR) is 110 cm³/mol. The number of thioether (sulfide) groups is 1. The van der Waals surface area contributed by atoms with Gasteiger partial charge in [-0.2, -0.15) is 0 Å². The van der Waals surface area contributed by atoms with Crippen LogP contribution in [-0.4, -0.2) is 22.8 Å². The Hall–Kier alpha value is -2.18. The van der Waals surface area contributed by atoms with Crippen LogP contribution in [-0.2, 0) is 5.75 Å². The quantitative estimate of drug-likeness (QED) is 0.497. The molecule has 0 aliphatic carbocycles. The molecule has 1 heterocycles. The van der Waals surface area contributed by atoms with E-state index in [1.165, 1.54) is 12.1 Å². The molecule has 1 atom stereocenters. The average molecular weight is 401 g/mol. The number of nitrogens with zero attached hydrogens (tertiary/aromatic N) is 2. The van der Waals surface area contributed by atoms with Gasteiger partial charge < -0.3 is 4.90 Å². The average Bonchev–Trinajstić information content (AvgIpc) is 3.11. The van der Waals surface area contributed by atoms with E-state index in [9.17, 15) is 9.18 Å². The van der Waals surface area contributed by atoms with Crippen LogP contribution in [0.25, 0.3) is 0 Å². The zero-order chi connectivity index (χ0) is 19.4. The number of hydrogen-bond acceptors (Lipinski definition) is 4. The molecule has 0 N–H and O–H groups in total. The second-order valence-electron chi connectivity index (χ2n) is 6.38. The van der Waals surface area contributed by atoms with Crippen molar-refractivity contribution in [3.63, 3.8) is 0 Å². The van der Waals surface area contributed by atoms with Crippen LogP contribution in [0.15, 0.2) is 58.3 Å². The molecular formula is C21H21FN2OS2. The van der Waals surface area contributed by atoms with Gasteiger partial charge >= 0.3 is 0 Å². The fraction of sp³-hybridized carbons (Fsp3) is 0.238.